The van der Waals surface area contributed by atoms with E-state index in [1.807, 2.05) is 36.9 Å². The summed E-state index contributed by atoms with van der Waals surface area (Å²) in [5, 5.41) is 14.0. The van der Waals surface area contributed by atoms with Crippen molar-refractivity contribution >= 4 is 15.9 Å². The zero-order chi connectivity index (χ0) is 15.6. The second-order valence-corrected chi connectivity index (χ2v) is 5.97. The lowest BCUT2D eigenvalue weighted by Gasteiger charge is -2.12. The van der Waals surface area contributed by atoms with Gasteiger partial charge in [-0.1, -0.05) is 13.0 Å². The van der Waals surface area contributed by atoms with Crippen molar-refractivity contribution in [2.24, 2.45) is 7.05 Å². The number of aliphatic hydroxyl groups is 1. The highest BCUT2D eigenvalue weighted by Crippen LogP contribution is 2.26. The molecule has 0 saturated heterocycles. The van der Waals surface area contributed by atoms with Crippen molar-refractivity contribution in [2.45, 2.75) is 39.9 Å². The number of aryl methyl sites for hydroxylation is 3. The van der Waals surface area contributed by atoms with Crippen molar-refractivity contribution in [3.63, 3.8) is 0 Å². The molecule has 114 valence electrons. The van der Waals surface area contributed by atoms with Gasteiger partial charge in [-0.2, -0.15) is 5.10 Å². The molecule has 2 aromatic rings. The van der Waals surface area contributed by atoms with Gasteiger partial charge in [0, 0.05) is 7.05 Å². The summed E-state index contributed by atoms with van der Waals surface area (Å²) in [6.07, 6.45) is 0.423. The molecule has 2 rings (SSSR count). The summed E-state index contributed by atoms with van der Waals surface area (Å²) in [4.78, 5) is 0. The second-order valence-electron chi connectivity index (χ2n) is 5.17. The summed E-state index contributed by atoms with van der Waals surface area (Å²) in [5.74, 6) is 0.825. The van der Waals surface area contributed by atoms with Crippen LogP contribution in [0.5, 0.6) is 5.75 Å². The smallest absolute Gasteiger partial charge is 0.131 e. The maximum Gasteiger partial charge on any atom is 0.131 e. The van der Waals surface area contributed by atoms with Gasteiger partial charge < -0.3 is 9.84 Å². The van der Waals surface area contributed by atoms with Crippen LogP contribution >= 0.6 is 15.9 Å². The maximum atomic E-state index is 9.59. The van der Waals surface area contributed by atoms with Crippen LogP contribution < -0.4 is 4.74 Å². The third-order valence-electron chi connectivity index (χ3n) is 3.55. The van der Waals surface area contributed by atoms with Crippen LogP contribution in [-0.2, 0) is 20.1 Å². The van der Waals surface area contributed by atoms with Gasteiger partial charge in [-0.05, 0) is 59.5 Å². The van der Waals surface area contributed by atoms with Gasteiger partial charge in [0.2, 0.25) is 0 Å². The number of halogens is 1. The molecule has 5 heteroatoms. The first-order valence-corrected chi connectivity index (χ1v) is 7.85. The van der Waals surface area contributed by atoms with E-state index in [-0.39, 0.29) is 0 Å². The van der Waals surface area contributed by atoms with Crippen LogP contribution in [-0.4, -0.2) is 14.9 Å². The predicted molar refractivity (Wildman–Crippen MR) is 86.4 cm³/mol. The van der Waals surface area contributed by atoms with Crippen molar-refractivity contribution < 1.29 is 9.84 Å². The summed E-state index contributed by atoms with van der Waals surface area (Å²) in [7, 11) is 1.92. The van der Waals surface area contributed by atoms with E-state index < -0.39 is 6.10 Å². The molecule has 0 spiro atoms. The Labute approximate surface area is 133 Å². The van der Waals surface area contributed by atoms with E-state index in [0.717, 1.165) is 39.2 Å². The van der Waals surface area contributed by atoms with Crippen molar-refractivity contribution in [1.82, 2.24) is 9.78 Å². The molecule has 1 atom stereocenters. The predicted octanol–water partition coefficient (Wildman–Crippen LogP) is 3.69. The standard InChI is InChI=1S/C16H21BrN2O2/c1-5-13-16(17)14(19(4)18-13)9-21-15-7-6-12(11(3)20)8-10(15)2/h6-8,11,20H,5,9H2,1-4H3/t11-/m1/s1. The van der Waals surface area contributed by atoms with Crippen molar-refractivity contribution in [1.29, 1.82) is 0 Å². The molecular formula is C16H21BrN2O2. The minimum atomic E-state index is -0.462. The van der Waals surface area contributed by atoms with Gasteiger partial charge >= 0.3 is 0 Å². The molecule has 21 heavy (non-hydrogen) atoms. The Bertz CT molecular complexity index is 635. The van der Waals surface area contributed by atoms with Crippen molar-refractivity contribution in [3.8, 4) is 5.75 Å². The molecular weight excluding hydrogens is 332 g/mol. The average Bonchev–Trinajstić information content (AvgIpc) is 2.72. The van der Waals surface area contributed by atoms with Crippen LogP contribution in [0.2, 0.25) is 0 Å². The van der Waals surface area contributed by atoms with Gasteiger partial charge in [0.25, 0.3) is 0 Å². The van der Waals surface area contributed by atoms with Crippen LogP contribution in [0.3, 0.4) is 0 Å². The number of hydrogen-bond acceptors (Lipinski definition) is 3. The van der Waals surface area contributed by atoms with Gasteiger partial charge in [-0.15, -0.1) is 0 Å². The van der Waals surface area contributed by atoms with Crippen LogP contribution in [0.1, 0.15) is 42.5 Å². The minimum absolute atomic E-state index is 0.457. The maximum absolute atomic E-state index is 9.59. The minimum Gasteiger partial charge on any atom is -0.487 e. The van der Waals surface area contributed by atoms with Gasteiger partial charge in [-0.3, -0.25) is 4.68 Å². The molecule has 1 aromatic carbocycles. The summed E-state index contributed by atoms with van der Waals surface area (Å²) >= 11 is 3.59. The van der Waals surface area contributed by atoms with E-state index in [4.69, 9.17) is 4.74 Å². The van der Waals surface area contributed by atoms with Gasteiger partial charge in [0.1, 0.15) is 12.4 Å². The normalized spacial score (nSPS) is 12.5. The highest BCUT2D eigenvalue weighted by molar-refractivity contribution is 9.10. The van der Waals surface area contributed by atoms with Gasteiger partial charge in [-0.25, -0.2) is 0 Å². The molecule has 0 amide bonds. The van der Waals surface area contributed by atoms with E-state index in [1.165, 1.54) is 0 Å². The summed E-state index contributed by atoms with van der Waals surface area (Å²) in [5.41, 5.74) is 3.97. The first-order chi connectivity index (χ1) is 9.93. The van der Waals surface area contributed by atoms with Crippen LogP contribution in [0.25, 0.3) is 0 Å². The third kappa shape index (κ3) is 3.47. The lowest BCUT2D eigenvalue weighted by Crippen LogP contribution is -2.04. The molecule has 0 aliphatic carbocycles. The fourth-order valence-electron chi connectivity index (χ4n) is 2.22. The van der Waals surface area contributed by atoms with Crippen LogP contribution in [0.15, 0.2) is 22.7 Å². The molecule has 0 unspecified atom stereocenters. The Kier molecular flexibility index (Phi) is 5.06. The van der Waals surface area contributed by atoms with E-state index in [9.17, 15) is 5.11 Å². The average molecular weight is 353 g/mol. The Hall–Kier alpha value is -1.33. The molecule has 0 aliphatic rings. The number of aromatic nitrogens is 2. The summed E-state index contributed by atoms with van der Waals surface area (Å²) in [6, 6.07) is 5.75. The SMILES string of the molecule is CCc1nn(C)c(COc2ccc([C@@H](C)O)cc2C)c1Br. The zero-order valence-electron chi connectivity index (χ0n) is 12.9. The lowest BCUT2D eigenvalue weighted by molar-refractivity contribution is 0.199. The van der Waals surface area contributed by atoms with Crippen LogP contribution in [0, 0.1) is 6.92 Å². The summed E-state index contributed by atoms with van der Waals surface area (Å²) < 4.78 is 8.77. The molecule has 0 saturated carbocycles. The number of aliphatic hydroxyl groups excluding tert-OH is 1. The monoisotopic (exact) mass is 352 g/mol. The van der Waals surface area contributed by atoms with Crippen molar-refractivity contribution in [2.75, 3.05) is 0 Å². The highest BCUT2D eigenvalue weighted by Gasteiger charge is 2.13. The quantitative estimate of drug-likeness (QED) is 0.892. The summed E-state index contributed by atoms with van der Waals surface area (Å²) in [6.45, 7) is 6.28. The second kappa shape index (κ2) is 6.62. The molecule has 0 radical (unpaired) electrons. The molecule has 1 aromatic heterocycles. The fraction of sp³-hybridized carbons (Fsp3) is 0.438. The molecule has 0 aliphatic heterocycles. The largest absolute Gasteiger partial charge is 0.487 e. The Morgan fingerprint density at radius 3 is 2.67 bits per heavy atom. The molecule has 4 nitrogen and oxygen atoms in total. The number of benzene rings is 1. The number of ether oxygens (including phenoxy) is 1. The van der Waals surface area contributed by atoms with E-state index in [2.05, 4.69) is 28.0 Å². The lowest BCUT2D eigenvalue weighted by atomic mass is 10.1. The first-order valence-electron chi connectivity index (χ1n) is 7.05. The van der Waals surface area contributed by atoms with Gasteiger partial charge in [0.15, 0.2) is 0 Å². The Balaban J connectivity index is 2.15. The van der Waals surface area contributed by atoms with Crippen LogP contribution in [0.4, 0.5) is 0 Å². The number of rotatable bonds is 5. The Morgan fingerprint density at radius 2 is 2.14 bits per heavy atom. The molecule has 0 fully saturated rings. The van der Waals surface area contributed by atoms with E-state index in [1.54, 1.807) is 6.92 Å². The highest BCUT2D eigenvalue weighted by atomic mass is 79.9. The molecule has 1 heterocycles. The van der Waals surface area contributed by atoms with E-state index in [0.29, 0.717) is 6.61 Å². The fourth-order valence-corrected chi connectivity index (χ4v) is 2.95. The molecule has 0 bridgehead atoms. The Morgan fingerprint density at radius 1 is 1.43 bits per heavy atom. The third-order valence-corrected chi connectivity index (χ3v) is 4.46. The van der Waals surface area contributed by atoms with Gasteiger partial charge in [0.05, 0.1) is 22.0 Å². The van der Waals surface area contributed by atoms with E-state index >= 15 is 0 Å². The van der Waals surface area contributed by atoms with Crippen molar-refractivity contribution in [3.05, 3.63) is 45.2 Å². The zero-order valence-corrected chi connectivity index (χ0v) is 14.4. The number of hydrogen-bond donors (Lipinski definition) is 1. The topological polar surface area (TPSA) is 47.3 Å². The number of nitrogens with zero attached hydrogens (tertiary/aromatic N) is 2. The molecule has 1 N–H and O–H groups in total. The first kappa shape index (κ1) is 16.0.